The van der Waals surface area contributed by atoms with Gasteiger partial charge in [0.1, 0.15) is 0 Å². The van der Waals surface area contributed by atoms with Gasteiger partial charge in [-0.15, -0.1) is 0 Å². The number of hydrogen-bond acceptors (Lipinski definition) is 1. The maximum absolute atomic E-state index is 5.54. The lowest BCUT2D eigenvalue weighted by Crippen LogP contribution is -2.23. The minimum Gasteiger partial charge on any atom is -0.378 e. The lowest BCUT2D eigenvalue weighted by molar-refractivity contribution is -0.0123. The van der Waals surface area contributed by atoms with Crippen LogP contribution in [-0.4, -0.2) is 12.7 Å². The van der Waals surface area contributed by atoms with E-state index < -0.39 is 0 Å². The monoisotopic (exact) mass is 128 g/mol. The van der Waals surface area contributed by atoms with Crippen molar-refractivity contribution in [3.05, 3.63) is 0 Å². The number of hydrogen-bond donors (Lipinski definition) is 0. The fourth-order valence-electron chi connectivity index (χ4n) is 1.26. The molecule has 2 atom stereocenters. The van der Waals surface area contributed by atoms with Gasteiger partial charge in [-0.05, 0) is 25.2 Å². The molecule has 1 heteroatoms. The average Bonchev–Trinajstić information content (AvgIpc) is 1.90. The summed E-state index contributed by atoms with van der Waals surface area (Å²) in [6.45, 7) is 5.44. The summed E-state index contributed by atoms with van der Waals surface area (Å²) >= 11 is 0. The van der Waals surface area contributed by atoms with Gasteiger partial charge in [0.2, 0.25) is 0 Å². The van der Waals surface area contributed by atoms with Gasteiger partial charge < -0.3 is 4.74 Å². The van der Waals surface area contributed by atoms with Crippen molar-refractivity contribution in [2.45, 2.75) is 39.2 Å². The van der Waals surface area contributed by atoms with Gasteiger partial charge in [-0.1, -0.05) is 13.8 Å². The third-order valence-corrected chi connectivity index (χ3v) is 2.05. The summed E-state index contributed by atoms with van der Waals surface area (Å²) in [5.41, 5.74) is 0. The molecule has 0 amide bonds. The molecule has 0 aromatic rings. The third-order valence-electron chi connectivity index (χ3n) is 2.05. The smallest absolute Gasteiger partial charge is 0.0572 e. The van der Waals surface area contributed by atoms with E-state index in [0.717, 1.165) is 12.5 Å². The van der Waals surface area contributed by atoms with E-state index in [9.17, 15) is 0 Å². The molecule has 1 rings (SSSR count). The van der Waals surface area contributed by atoms with E-state index >= 15 is 0 Å². The van der Waals surface area contributed by atoms with E-state index in [-0.39, 0.29) is 0 Å². The molecule has 0 aromatic carbocycles. The Morgan fingerprint density at radius 3 is 2.67 bits per heavy atom. The van der Waals surface area contributed by atoms with Crippen LogP contribution >= 0.6 is 0 Å². The highest BCUT2D eigenvalue weighted by atomic mass is 16.5. The first-order chi connectivity index (χ1) is 4.33. The van der Waals surface area contributed by atoms with Crippen LogP contribution in [0.25, 0.3) is 0 Å². The van der Waals surface area contributed by atoms with Crippen molar-refractivity contribution in [2.24, 2.45) is 5.92 Å². The Morgan fingerprint density at radius 2 is 2.22 bits per heavy atom. The van der Waals surface area contributed by atoms with E-state index in [4.69, 9.17) is 4.74 Å². The molecular weight excluding hydrogens is 112 g/mol. The summed E-state index contributed by atoms with van der Waals surface area (Å²) in [7, 11) is 0. The molecule has 0 radical (unpaired) electrons. The first-order valence-electron chi connectivity index (χ1n) is 3.94. The summed E-state index contributed by atoms with van der Waals surface area (Å²) < 4.78 is 5.54. The Balaban J connectivity index is 2.18. The van der Waals surface area contributed by atoms with Crippen molar-refractivity contribution in [2.75, 3.05) is 6.61 Å². The van der Waals surface area contributed by atoms with E-state index in [2.05, 4.69) is 13.8 Å². The molecule has 0 bridgehead atoms. The summed E-state index contributed by atoms with van der Waals surface area (Å²) in [6.07, 6.45) is 4.39. The molecule has 0 unspecified atom stereocenters. The first kappa shape index (κ1) is 7.07. The van der Waals surface area contributed by atoms with E-state index in [1.54, 1.807) is 0 Å². The van der Waals surface area contributed by atoms with Crippen molar-refractivity contribution < 1.29 is 4.74 Å². The van der Waals surface area contributed by atoms with Crippen LogP contribution in [0, 0.1) is 5.92 Å². The Kier molecular flexibility index (Phi) is 2.52. The van der Waals surface area contributed by atoms with E-state index in [0.29, 0.717) is 6.10 Å². The molecule has 1 heterocycles. The van der Waals surface area contributed by atoms with Crippen LogP contribution in [0.3, 0.4) is 0 Å². The molecule has 1 aliphatic heterocycles. The quantitative estimate of drug-likeness (QED) is 0.526. The van der Waals surface area contributed by atoms with Gasteiger partial charge in [-0.3, -0.25) is 0 Å². The third kappa shape index (κ3) is 1.98. The molecule has 1 fully saturated rings. The normalized spacial score (nSPS) is 36.7. The molecule has 54 valence electrons. The molecule has 1 nitrogen and oxygen atoms in total. The largest absolute Gasteiger partial charge is 0.378 e. The van der Waals surface area contributed by atoms with Crippen LogP contribution in [-0.2, 0) is 4.74 Å². The van der Waals surface area contributed by atoms with E-state index in [1.165, 1.54) is 19.3 Å². The highest BCUT2D eigenvalue weighted by Gasteiger charge is 2.15. The molecule has 0 spiro atoms. The SMILES string of the molecule is CC[C@H]1CC[C@H](C)CO1. The fourth-order valence-corrected chi connectivity index (χ4v) is 1.26. The molecule has 1 saturated heterocycles. The first-order valence-corrected chi connectivity index (χ1v) is 3.94. The minimum absolute atomic E-state index is 0.571. The molecule has 9 heavy (non-hydrogen) atoms. The van der Waals surface area contributed by atoms with Gasteiger partial charge >= 0.3 is 0 Å². The fraction of sp³-hybridized carbons (Fsp3) is 1.00. The van der Waals surface area contributed by atoms with Crippen molar-refractivity contribution in [3.8, 4) is 0 Å². The van der Waals surface area contributed by atoms with Gasteiger partial charge in [-0.2, -0.15) is 0 Å². The van der Waals surface area contributed by atoms with Crippen LogP contribution in [0.2, 0.25) is 0 Å². The zero-order valence-electron chi connectivity index (χ0n) is 6.39. The molecule has 0 aliphatic carbocycles. The van der Waals surface area contributed by atoms with Crippen LogP contribution in [0.1, 0.15) is 33.1 Å². The lowest BCUT2D eigenvalue weighted by atomic mass is 9.99. The predicted molar refractivity (Wildman–Crippen MR) is 38.4 cm³/mol. The van der Waals surface area contributed by atoms with Crippen LogP contribution in [0.15, 0.2) is 0 Å². The van der Waals surface area contributed by atoms with Gasteiger partial charge in [0.05, 0.1) is 6.10 Å². The van der Waals surface area contributed by atoms with Crippen molar-refractivity contribution in [1.29, 1.82) is 0 Å². The van der Waals surface area contributed by atoms with Crippen molar-refractivity contribution >= 4 is 0 Å². The zero-order valence-corrected chi connectivity index (χ0v) is 6.39. The predicted octanol–water partition coefficient (Wildman–Crippen LogP) is 2.21. The summed E-state index contributed by atoms with van der Waals surface area (Å²) in [4.78, 5) is 0. The van der Waals surface area contributed by atoms with Gasteiger partial charge in [0.25, 0.3) is 0 Å². The number of rotatable bonds is 1. The molecule has 0 aromatic heterocycles. The van der Waals surface area contributed by atoms with Crippen molar-refractivity contribution in [1.82, 2.24) is 0 Å². The Morgan fingerprint density at radius 1 is 1.44 bits per heavy atom. The van der Waals surface area contributed by atoms with Crippen LogP contribution < -0.4 is 0 Å². The second-order valence-electron chi connectivity index (χ2n) is 3.05. The summed E-state index contributed by atoms with van der Waals surface area (Å²) in [5.74, 6) is 0.799. The Labute approximate surface area is 57.4 Å². The lowest BCUT2D eigenvalue weighted by Gasteiger charge is -2.25. The van der Waals surface area contributed by atoms with Crippen LogP contribution in [0.5, 0.6) is 0 Å². The molecule has 0 N–H and O–H groups in total. The zero-order chi connectivity index (χ0) is 6.69. The Bertz CT molecular complexity index is 72.6. The summed E-state index contributed by atoms with van der Waals surface area (Å²) in [5, 5.41) is 0. The standard InChI is InChI=1S/C8H16O/c1-3-8-5-4-7(2)6-9-8/h7-8H,3-6H2,1-2H3/t7-,8-/m0/s1. The maximum atomic E-state index is 5.54. The highest BCUT2D eigenvalue weighted by Crippen LogP contribution is 2.19. The summed E-state index contributed by atoms with van der Waals surface area (Å²) in [6, 6.07) is 0. The maximum Gasteiger partial charge on any atom is 0.0572 e. The number of ether oxygens (including phenoxy) is 1. The Hall–Kier alpha value is -0.0400. The molecule has 0 saturated carbocycles. The minimum atomic E-state index is 0.571. The van der Waals surface area contributed by atoms with Crippen molar-refractivity contribution in [3.63, 3.8) is 0 Å². The molecular formula is C8H16O. The van der Waals surface area contributed by atoms with Gasteiger partial charge in [0, 0.05) is 6.61 Å². The average molecular weight is 128 g/mol. The van der Waals surface area contributed by atoms with Crippen LogP contribution in [0.4, 0.5) is 0 Å². The topological polar surface area (TPSA) is 9.23 Å². The highest BCUT2D eigenvalue weighted by molar-refractivity contribution is 4.65. The second-order valence-corrected chi connectivity index (χ2v) is 3.05. The van der Waals surface area contributed by atoms with Gasteiger partial charge in [0.15, 0.2) is 0 Å². The van der Waals surface area contributed by atoms with E-state index in [1.807, 2.05) is 0 Å². The second kappa shape index (κ2) is 3.21. The molecule has 1 aliphatic rings. The van der Waals surface area contributed by atoms with Gasteiger partial charge in [-0.25, -0.2) is 0 Å².